The number of hydrogen-bond acceptors (Lipinski definition) is 4. The third-order valence-electron chi connectivity index (χ3n) is 3.54. The number of carbonyl (C=O) groups excluding carboxylic acids is 2. The topological polar surface area (TPSA) is 61.4 Å². The minimum absolute atomic E-state index is 0.192. The van der Waals surface area contributed by atoms with Gasteiger partial charge in [-0.15, -0.1) is 0 Å². The third-order valence-corrected chi connectivity index (χ3v) is 3.54. The minimum atomic E-state index is -0.585. The monoisotopic (exact) mass is 225 g/mol. The van der Waals surface area contributed by atoms with Gasteiger partial charge in [0.15, 0.2) is 0 Å². The number of nitrogens with zero attached hydrogens (tertiary/aromatic N) is 1. The number of carbonyl (C=O) groups is 2. The summed E-state index contributed by atoms with van der Waals surface area (Å²) in [4.78, 5) is 25.0. The van der Waals surface area contributed by atoms with Crippen molar-refractivity contribution in [2.45, 2.75) is 38.3 Å². The van der Waals surface area contributed by atoms with Gasteiger partial charge in [0, 0.05) is 12.6 Å². The normalized spacial score (nSPS) is 30.5. The summed E-state index contributed by atoms with van der Waals surface area (Å²) in [5, 5.41) is 5.77. The van der Waals surface area contributed by atoms with Gasteiger partial charge in [-0.3, -0.25) is 19.8 Å². The molecular formula is C11H19N3O2. The van der Waals surface area contributed by atoms with Crippen molar-refractivity contribution in [2.24, 2.45) is 0 Å². The lowest BCUT2D eigenvalue weighted by molar-refractivity contribution is -0.145. The highest BCUT2D eigenvalue weighted by Crippen LogP contribution is 2.20. The van der Waals surface area contributed by atoms with Crippen LogP contribution in [0, 0.1) is 0 Å². The first-order valence-electron chi connectivity index (χ1n) is 5.83. The van der Waals surface area contributed by atoms with Crippen LogP contribution in [-0.2, 0) is 9.59 Å². The average molecular weight is 225 g/mol. The second-order valence-electron chi connectivity index (χ2n) is 5.11. The van der Waals surface area contributed by atoms with E-state index in [-0.39, 0.29) is 11.8 Å². The van der Waals surface area contributed by atoms with Gasteiger partial charge in [-0.2, -0.15) is 0 Å². The molecule has 2 saturated heterocycles. The van der Waals surface area contributed by atoms with Gasteiger partial charge in [-0.1, -0.05) is 0 Å². The molecule has 2 amide bonds. The molecule has 0 aromatic rings. The van der Waals surface area contributed by atoms with Crippen LogP contribution >= 0.6 is 0 Å². The largest absolute Gasteiger partial charge is 0.313 e. The number of hydrogen-bond donors (Lipinski definition) is 2. The molecule has 16 heavy (non-hydrogen) atoms. The van der Waals surface area contributed by atoms with Crippen molar-refractivity contribution in [2.75, 3.05) is 19.6 Å². The Kier molecular flexibility index (Phi) is 2.99. The molecule has 2 fully saturated rings. The van der Waals surface area contributed by atoms with Gasteiger partial charge in [0.05, 0.1) is 12.1 Å². The summed E-state index contributed by atoms with van der Waals surface area (Å²) in [7, 11) is 0. The zero-order valence-electron chi connectivity index (χ0n) is 9.88. The van der Waals surface area contributed by atoms with E-state index in [0.29, 0.717) is 12.6 Å². The standard InChI is InChI=1S/C11H19N3O2/c1-11(2)10(16)13-9(15)7-14(11)6-8-4-3-5-12-8/h8,12H,3-7H2,1-2H3,(H,13,15,16). The first-order valence-corrected chi connectivity index (χ1v) is 5.83. The lowest BCUT2D eigenvalue weighted by Gasteiger charge is -2.41. The molecule has 2 aliphatic rings. The number of piperazine rings is 1. The second kappa shape index (κ2) is 4.14. The number of amides is 2. The molecule has 0 aromatic carbocycles. The van der Waals surface area contributed by atoms with E-state index in [1.54, 1.807) is 0 Å². The lowest BCUT2D eigenvalue weighted by Crippen LogP contribution is -2.65. The summed E-state index contributed by atoms with van der Waals surface area (Å²) in [6.45, 7) is 5.86. The Bertz CT molecular complexity index is 308. The zero-order chi connectivity index (χ0) is 11.8. The molecule has 0 saturated carbocycles. The molecule has 2 aliphatic heterocycles. The number of nitrogens with one attached hydrogen (secondary N) is 2. The summed E-state index contributed by atoms with van der Waals surface area (Å²) in [6, 6.07) is 0.415. The summed E-state index contributed by atoms with van der Waals surface area (Å²) >= 11 is 0. The van der Waals surface area contributed by atoms with Gasteiger partial charge >= 0.3 is 0 Å². The van der Waals surface area contributed by atoms with E-state index in [1.807, 2.05) is 18.7 Å². The van der Waals surface area contributed by atoms with Gasteiger partial charge in [-0.25, -0.2) is 0 Å². The number of imide groups is 1. The molecular weight excluding hydrogens is 206 g/mol. The Morgan fingerprint density at radius 1 is 1.44 bits per heavy atom. The van der Waals surface area contributed by atoms with E-state index in [1.165, 1.54) is 6.42 Å². The van der Waals surface area contributed by atoms with Crippen molar-refractivity contribution < 1.29 is 9.59 Å². The van der Waals surface area contributed by atoms with Crippen molar-refractivity contribution in [3.8, 4) is 0 Å². The number of rotatable bonds is 2. The van der Waals surface area contributed by atoms with Gasteiger partial charge in [0.25, 0.3) is 0 Å². The van der Waals surface area contributed by atoms with Crippen molar-refractivity contribution in [1.82, 2.24) is 15.5 Å². The van der Waals surface area contributed by atoms with E-state index in [0.717, 1.165) is 19.5 Å². The van der Waals surface area contributed by atoms with Crippen LogP contribution in [0.5, 0.6) is 0 Å². The van der Waals surface area contributed by atoms with Crippen molar-refractivity contribution >= 4 is 11.8 Å². The summed E-state index contributed by atoms with van der Waals surface area (Å²) in [5.41, 5.74) is -0.585. The van der Waals surface area contributed by atoms with E-state index in [9.17, 15) is 9.59 Å². The fourth-order valence-corrected chi connectivity index (χ4v) is 2.31. The molecule has 5 heteroatoms. The third kappa shape index (κ3) is 2.10. The van der Waals surface area contributed by atoms with Crippen LogP contribution in [-0.4, -0.2) is 47.9 Å². The first kappa shape index (κ1) is 11.5. The fraction of sp³-hybridized carbons (Fsp3) is 0.818. The second-order valence-corrected chi connectivity index (χ2v) is 5.11. The van der Waals surface area contributed by atoms with E-state index in [4.69, 9.17) is 0 Å². The first-order chi connectivity index (χ1) is 7.50. The summed E-state index contributed by atoms with van der Waals surface area (Å²) in [6.07, 6.45) is 2.31. The molecule has 0 radical (unpaired) electrons. The van der Waals surface area contributed by atoms with Crippen LogP contribution in [0.1, 0.15) is 26.7 Å². The Labute approximate surface area is 95.6 Å². The smallest absolute Gasteiger partial charge is 0.246 e. The molecule has 90 valence electrons. The predicted molar refractivity (Wildman–Crippen MR) is 59.8 cm³/mol. The van der Waals surface area contributed by atoms with Crippen molar-refractivity contribution in [3.63, 3.8) is 0 Å². The van der Waals surface area contributed by atoms with Crippen molar-refractivity contribution in [1.29, 1.82) is 0 Å². The van der Waals surface area contributed by atoms with Gasteiger partial charge < -0.3 is 5.32 Å². The van der Waals surface area contributed by atoms with Crippen LogP contribution < -0.4 is 10.6 Å². The maximum atomic E-state index is 11.7. The molecule has 2 N–H and O–H groups in total. The van der Waals surface area contributed by atoms with E-state index in [2.05, 4.69) is 10.6 Å². The van der Waals surface area contributed by atoms with Crippen LogP contribution in [0.3, 0.4) is 0 Å². The average Bonchev–Trinajstić information content (AvgIpc) is 2.67. The molecule has 1 unspecified atom stereocenters. The Balaban J connectivity index is 2.04. The fourth-order valence-electron chi connectivity index (χ4n) is 2.31. The molecule has 0 bridgehead atoms. The Morgan fingerprint density at radius 3 is 2.81 bits per heavy atom. The van der Waals surface area contributed by atoms with Gasteiger partial charge in [0.2, 0.25) is 11.8 Å². The van der Waals surface area contributed by atoms with Crippen LogP contribution in [0.15, 0.2) is 0 Å². The molecule has 0 aliphatic carbocycles. The minimum Gasteiger partial charge on any atom is -0.313 e. The van der Waals surface area contributed by atoms with Gasteiger partial charge in [0.1, 0.15) is 0 Å². The van der Waals surface area contributed by atoms with Crippen LogP contribution in [0.4, 0.5) is 0 Å². The molecule has 2 rings (SSSR count). The highest BCUT2D eigenvalue weighted by molar-refractivity contribution is 6.02. The summed E-state index contributed by atoms with van der Waals surface area (Å²) < 4.78 is 0. The zero-order valence-corrected chi connectivity index (χ0v) is 9.88. The maximum absolute atomic E-state index is 11.7. The molecule has 5 nitrogen and oxygen atoms in total. The lowest BCUT2D eigenvalue weighted by atomic mass is 9.97. The molecule has 0 spiro atoms. The van der Waals surface area contributed by atoms with Crippen LogP contribution in [0.2, 0.25) is 0 Å². The molecule has 2 heterocycles. The summed E-state index contributed by atoms with van der Waals surface area (Å²) in [5.74, 6) is -0.385. The van der Waals surface area contributed by atoms with Gasteiger partial charge in [-0.05, 0) is 33.2 Å². The molecule has 1 atom stereocenters. The highest BCUT2D eigenvalue weighted by Gasteiger charge is 2.41. The Hall–Kier alpha value is -0.940. The Morgan fingerprint density at radius 2 is 2.19 bits per heavy atom. The van der Waals surface area contributed by atoms with Crippen molar-refractivity contribution in [3.05, 3.63) is 0 Å². The SMILES string of the molecule is CC1(C)C(=O)NC(=O)CN1CC1CCCN1. The predicted octanol–water partition coefficient (Wildman–Crippen LogP) is -0.525. The molecule has 0 aromatic heterocycles. The highest BCUT2D eigenvalue weighted by atomic mass is 16.2. The van der Waals surface area contributed by atoms with E-state index >= 15 is 0 Å². The van der Waals surface area contributed by atoms with E-state index < -0.39 is 5.54 Å². The van der Waals surface area contributed by atoms with Crippen LogP contribution in [0.25, 0.3) is 0 Å². The quantitative estimate of drug-likeness (QED) is 0.621. The maximum Gasteiger partial charge on any atom is 0.246 e.